The Morgan fingerprint density at radius 1 is 1.10 bits per heavy atom. The molecule has 1 aliphatic carbocycles. The largest absolute Gasteiger partial charge is 0.426 e. The first kappa shape index (κ1) is 15.4. The number of hydrogen-bond donors (Lipinski definition) is 0. The third-order valence-corrected chi connectivity index (χ3v) is 2.86. The molecular formula is C13H8F6O2. The van der Waals surface area contributed by atoms with Gasteiger partial charge in [0.25, 0.3) is 0 Å². The summed E-state index contributed by atoms with van der Waals surface area (Å²) in [6, 6.07) is 3.85. The molecule has 1 aromatic rings. The van der Waals surface area contributed by atoms with Gasteiger partial charge < -0.3 is 4.74 Å². The molecule has 1 aliphatic rings. The average Bonchev–Trinajstić information content (AvgIpc) is 2.71. The predicted molar refractivity (Wildman–Crippen MR) is 60.4 cm³/mol. The molecule has 0 amide bonds. The number of rotatable bonds is 2. The SMILES string of the molecule is O=C(Oc1ccc2c(c1)CC=C2)C(C(F)(F)F)C(F)(F)F. The maximum Gasteiger partial charge on any atom is 0.411 e. The van der Waals surface area contributed by atoms with Gasteiger partial charge in [0.1, 0.15) is 5.75 Å². The van der Waals surface area contributed by atoms with Gasteiger partial charge in [-0.25, -0.2) is 0 Å². The van der Waals surface area contributed by atoms with E-state index in [0.29, 0.717) is 12.0 Å². The number of ether oxygens (including phenoxy) is 1. The van der Waals surface area contributed by atoms with E-state index in [1.54, 1.807) is 12.2 Å². The zero-order valence-electron chi connectivity index (χ0n) is 10.3. The second kappa shape index (κ2) is 5.09. The normalized spacial score (nSPS) is 14.4. The van der Waals surface area contributed by atoms with Gasteiger partial charge in [0.15, 0.2) is 0 Å². The van der Waals surface area contributed by atoms with Crippen molar-refractivity contribution in [1.29, 1.82) is 0 Å². The van der Waals surface area contributed by atoms with Crippen LogP contribution in [0.5, 0.6) is 5.75 Å². The van der Waals surface area contributed by atoms with Crippen molar-refractivity contribution in [3.05, 3.63) is 35.4 Å². The van der Waals surface area contributed by atoms with Gasteiger partial charge in [0.05, 0.1) is 0 Å². The molecule has 0 bridgehead atoms. The lowest BCUT2D eigenvalue weighted by atomic mass is 10.1. The van der Waals surface area contributed by atoms with E-state index in [9.17, 15) is 31.1 Å². The van der Waals surface area contributed by atoms with E-state index in [2.05, 4.69) is 4.74 Å². The van der Waals surface area contributed by atoms with E-state index in [1.807, 2.05) is 0 Å². The molecule has 0 atom stereocenters. The Kier molecular flexibility index (Phi) is 3.73. The summed E-state index contributed by atoms with van der Waals surface area (Å²) >= 11 is 0. The van der Waals surface area contributed by atoms with Crippen LogP contribution in [0, 0.1) is 5.92 Å². The number of carbonyl (C=O) groups excluding carboxylic acids is 1. The fourth-order valence-corrected chi connectivity index (χ4v) is 1.93. The molecule has 2 rings (SSSR count). The van der Waals surface area contributed by atoms with Gasteiger partial charge in [-0.05, 0) is 29.7 Å². The van der Waals surface area contributed by atoms with Gasteiger partial charge in [-0.3, -0.25) is 4.79 Å². The molecule has 21 heavy (non-hydrogen) atoms. The standard InChI is InChI=1S/C13H8F6O2/c14-12(15,16)10(13(17,18)19)11(20)21-9-5-4-7-2-1-3-8(7)6-9/h1-2,4-6,10H,3H2. The minimum Gasteiger partial charge on any atom is -0.426 e. The minimum absolute atomic E-state index is 0.346. The maximum atomic E-state index is 12.4. The Hall–Kier alpha value is -1.99. The van der Waals surface area contributed by atoms with Crippen molar-refractivity contribution < 1.29 is 35.9 Å². The fraction of sp³-hybridized carbons (Fsp3) is 0.308. The van der Waals surface area contributed by atoms with E-state index < -0.39 is 24.2 Å². The van der Waals surface area contributed by atoms with Gasteiger partial charge in [-0.1, -0.05) is 18.2 Å². The van der Waals surface area contributed by atoms with Gasteiger partial charge in [-0.15, -0.1) is 0 Å². The van der Waals surface area contributed by atoms with Gasteiger partial charge in [-0.2, -0.15) is 26.3 Å². The highest BCUT2D eigenvalue weighted by molar-refractivity contribution is 5.77. The van der Waals surface area contributed by atoms with Crippen molar-refractivity contribution in [3.63, 3.8) is 0 Å². The molecule has 0 fully saturated rings. The monoisotopic (exact) mass is 310 g/mol. The number of hydrogen-bond acceptors (Lipinski definition) is 2. The van der Waals surface area contributed by atoms with Crippen LogP contribution in [0.1, 0.15) is 11.1 Å². The lowest BCUT2D eigenvalue weighted by Gasteiger charge is -2.21. The van der Waals surface area contributed by atoms with E-state index in [-0.39, 0.29) is 5.75 Å². The van der Waals surface area contributed by atoms with Crippen LogP contribution in [0.15, 0.2) is 24.3 Å². The summed E-state index contributed by atoms with van der Waals surface area (Å²) in [6.07, 6.45) is -7.52. The zero-order chi connectivity index (χ0) is 15.8. The molecule has 0 saturated carbocycles. The highest BCUT2D eigenvalue weighted by atomic mass is 19.4. The molecule has 1 aromatic carbocycles. The Balaban J connectivity index is 2.20. The van der Waals surface area contributed by atoms with Crippen LogP contribution >= 0.6 is 0 Å². The summed E-state index contributed by atoms with van der Waals surface area (Å²) in [4.78, 5) is 11.2. The number of allylic oxidation sites excluding steroid dienone is 1. The number of benzene rings is 1. The molecule has 0 aromatic heterocycles. The second-order valence-corrected chi connectivity index (χ2v) is 4.40. The minimum atomic E-state index is -5.76. The number of carbonyl (C=O) groups is 1. The van der Waals surface area contributed by atoms with Crippen molar-refractivity contribution >= 4 is 12.0 Å². The molecule has 114 valence electrons. The second-order valence-electron chi connectivity index (χ2n) is 4.40. The van der Waals surface area contributed by atoms with Gasteiger partial charge >= 0.3 is 18.3 Å². The molecule has 2 nitrogen and oxygen atoms in total. The number of halogens is 6. The quantitative estimate of drug-likeness (QED) is 0.470. The van der Waals surface area contributed by atoms with Crippen molar-refractivity contribution in [3.8, 4) is 5.75 Å². The zero-order valence-corrected chi connectivity index (χ0v) is 10.3. The third-order valence-electron chi connectivity index (χ3n) is 2.86. The topological polar surface area (TPSA) is 26.3 Å². The highest BCUT2D eigenvalue weighted by Crippen LogP contribution is 2.40. The summed E-state index contributed by atoms with van der Waals surface area (Å²) < 4.78 is 78.4. The Morgan fingerprint density at radius 3 is 2.29 bits per heavy atom. The Morgan fingerprint density at radius 2 is 1.71 bits per heavy atom. The molecule has 0 spiro atoms. The van der Waals surface area contributed by atoms with E-state index in [4.69, 9.17) is 0 Å². The van der Waals surface area contributed by atoms with E-state index in [0.717, 1.165) is 11.6 Å². The Bertz CT molecular complexity index is 571. The summed E-state index contributed by atoms with van der Waals surface area (Å²) in [7, 11) is 0. The molecule has 0 N–H and O–H groups in total. The lowest BCUT2D eigenvalue weighted by molar-refractivity contribution is -0.279. The lowest BCUT2D eigenvalue weighted by Crippen LogP contribution is -2.44. The maximum absolute atomic E-state index is 12.4. The molecular weight excluding hydrogens is 302 g/mol. The van der Waals surface area contributed by atoms with Crippen LogP contribution < -0.4 is 4.74 Å². The van der Waals surface area contributed by atoms with Crippen LogP contribution in [-0.4, -0.2) is 18.3 Å². The average molecular weight is 310 g/mol. The van der Waals surface area contributed by atoms with Crippen molar-refractivity contribution in [2.45, 2.75) is 18.8 Å². The molecule has 0 saturated heterocycles. The fourth-order valence-electron chi connectivity index (χ4n) is 1.93. The van der Waals surface area contributed by atoms with Crippen LogP contribution in [0.25, 0.3) is 6.08 Å². The van der Waals surface area contributed by atoms with Crippen LogP contribution in [0.4, 0.5) is 26.3 Å². The summed E-state index contributed by atoms with van der Waals surface area (Å²) in [5, 5.41) is 0. The molecule has 0 aliphatic heterocycles. The number of esters is 1. The smallest absolute Gasteiger partial charge is 0.411 e. The van der Waals surface area contributed by atoms with E-state index >= 15 is 0 Å². The Labute approximate surface area is 115 Å². The van der Waals surface area contributed by atoms with Crippen molar-refractivity contribution in [1.82, 2.24) is 0 Å². The number of fused-ring (bicyclic) bond motifs is 1. The van der Waals surface area contributed by atoms with E-state index in [1.165, 1.54) is 12.1 Å². The molecule has 0 radical (unpaired) electrons. The number of alkyl halides is 6. The first-order valence-corrected chi connectivity index (χ1v) is 5.73. The van der Waals surface area contributed by atoms with Gasteiger partial charge in [0, 0.05) is 0 Å². The molecule has 0 unspecified atom stereocenters. The summed E-state index contributed by atoms with van der Waals surface area (Å²) in [5.74, 6) is -6.89. The molecule has 0 heterocycles. The van der Waals surface area contributed by atoms with Crippen LogP contribution in [0.2, 0.25) is 0 Å². The first-order chi connectivity index (χ1) is 9.59. The van der Waals surface area contributed by atoms with Crippen LogP contribution in [0.3, 0.4) is 0 Å². The van der Waals surface area contributed by atoms with Crippen molar-refractivity contribution in [2.24, 2.45) is 5.92 Å². The summed E-state index contributed by atoms with van der Waals surface area (Å²) in [6.45, 7) is 0. The first-order valence-electron chi connectivity index (χ1n) is 5.73. The summed E-state index contributed by atoms with van der Waals surface area (Å²) in [5.41, 5.74) is 1.44. The third kappa shape index (κ3) is 3.37. The van der Waals surface area contributed by atoms with Crippen LogP contribution in [-0.2, 0) is 11.2 Å². The van der Waals surface area contributed by atoms with Gasteiger partial charge in [0.2, 0.25) is 5.92 Å². The highest BCUT2D eigenvalue weighted by Gasteiger charge is 2.62. The molecule has 8 heteroatoms. The van der Waals surface area contributed by atoms with Crippen molar-refractivity contribution in [2.75, 3.05) is 0 Å². The predicted octanol–water partition coefficient (Wildman–Crippen LogP) is 3.90.